The predicted octanol–water partition coefficient (Wildman–Crippen LogP) is 2.43. The molecule has 142 valence electrons. The molecule has 3 rings (SSSR count). The largest absolute Gasteiger partial charge is 0.495 e. The number of imide groups is 1. The topological polar surface area (TPSA) is 92.8 Å². The van der Waals surface area contributed by atoms with Crippen LogP contribution in [-0.2, 0) is 19.6 Å². The summed E-state index contributed by atoms with van der Waals surface area (Å²) in [6.07, 6.45) is -0.00466. The van der Waals surface area contributed by atoms with Gasteiger partial charge in [-0.3, -0.25) is 14.3 Å². The molecular formula is C17H14F2N2O5S. The number of carbonyl (C=O) groups is 2. The first-order valence-corrected chi connectivity index (χ1v) is 9.23. The molecule has 0 aromatic heterocycles. The van der Waals surface area contributed by atoms with Crippen LogP contribution in [0.3, 0.4) is 0 Å². The van der Waals surface area contributed by atoms with E-state index >= 15 is 0 Å². The van der Waals surface area contributed by atoms with Gasteiger partial charge in [-0.1, -0.05) is 6.07 Å². The minimum Gasteiger partial charge on any atom is -0.495 e. The SMILES string of the molecule is COc1ccc(S(=O)(=O)Nc2c(F)cccc2F)cc1N1C(=O)CCC1=O. The summed E-state index contributed by atoms with van der Waals surface area (Å²) >= 11 is 0. The first kappa shape index (κ1) is 18.8. The van der Waals surface area contributed by atoms with Gasteiger partial charge in [0, 0.05) is 12.8 Å². The zero-order chi connectivity index (χ0) is 19.8. The lowest BCUT2D eigenvalue weighted by Gasteiger charge is -2.18. The van der Waals surface area contributed by atoms with Crippen molar-refractivity contribution >= 4 is 33.2 Å². The van der Waals surface area contributed by atoms with E-state index in [9.17, 15) is 26.8 Å². The van der Waals surface area contributed by atoms with Crippen LogP contribution in [-0.4, -0.2) is 27.3 Å². The van der Waals surface area contributed by atoms with E-state index < -0.39 is 44.1 Å². The maximum absolute atomic E-state index is 13.8. The summed E-state index contributed by atoms with van der Waals surface area (Å²) in [5.41, 5.74) is -0.884. The van der Waals surface area contributed by atoms with Crippen LogP contribution in [0.4, 0.5) is 20.2 Å². The number of para-hydroxylation sites is 1. The summed E-state index contributed by atoms with van der Waals surface area (Å²) in [5, 5.41) is 0. The Morgan fingerprint density at radius 1 is 1.04 bits per heavy atom. The Bertz CT molecular complexity index is 1000. The van der Waals surface area contributed by atoms with Crippen molar-refractivity contribution in [2.45, 2.75) is 17.7 Å². The van der Waals surface area contributed by atoms with Gasteiger partial charge in [-0.2, -0.15) is 0 Å². The van der Waals surface area contributed by atoms with E-state index in [2.05, 4.69) is 0 Å². The molecule has 1 heterocycles. The molecule has 0 radical (unpaired) electrons. The second-order valence-electron chi connectivity index (χ2n) is 5.66. The molecule has 10 heteroatoms. The molecule has 0 unspecified atom stereocenters. The van der Waals surface area contributed by atoms with Gasteiger partial charge in [0.2, 0.25) is 11.8 Å². The molecule has 1 fully saturated rings. The highest BCUT2D eigenvalue weighted by Crippen LogP contribution is 2.35. The Morgan fingerprint density at radius 3 is 2.19 bits per heavy atom. The Hall–Kier alpha value is -3.01. The van der Waals surface area contributed by atoms with Gasteiger partial charge in [0.15, 0.2) is 0 Å². The number of hydrogen-bond acceptors (Lipinski definition) is 5. The average Bonchev–Trinajstić information content (AvgIpc) is 2.96. The fourth-order valence-corrected chi connectivity index (χ4v) is 3.74. The molecular weight excluding hydrogens is 382 g/mol. The normalized spacial score (nSPS) is 14.6. The summed E-state index contributed by atoms with van der Waals surface area (Å²) in [7, 11) is -3.11. The highest BCUT2D eigenvalue weighted by atomic mass is 32.2. The quantitative estimate of drug-likeness (QED) is 0.784. The van der Waals surface area contributed by atoms with Gasteiger partial charge < -0.3 is 4.74 Å². The number of methoxy groups -OCH3 is 1. The van der Waals surface area contributed by atoms with Gasteiger partial charge in [-0.15, -0.1) is 0 Å². The fraction of sp³-hybridized carbons (Fsp3) is 0.176. The number of ether oxygens (including phenoxy) is 1. The predicted molar refractivity (Wildman–Crippen MR) is 91.9 cm³/mol. The fourth-order valence-electron chi connectivity index (χ4n) is 2.65. The van der Waals surface area contributed by atoms with Gasteiger partial charge in [0.1, 0.15) is 23.1 Å². The molecule has 27 heavy (non-hydrogen) atoms. The van der Waals surface area contributed by atoms with Crippen LogP contribution >= 0.6 is 0 Å². The molecule has 0 spiro atoms. The molecule has 0 atom stereocenters. The zero-order valence-corrected chi connectivity index (χ0v) is 14.8. The molecule has 1 aliphatic heterocycles. The molecule has 0 bridgehead atoms. The molecule has 2 aromatic carbocycles. The molecule has 0 aliphatic carbocycles. The molecule has 1 N–H and O–H groups in total. The molecule has 0 saturated carbocycles. The van der Waals surface area contributed by atoms with Crippen LogP contribution in [0, 0.1) is 11.6 Å². The van der Waals surface area contributed by atoms with Crippen molar-refractivity contribution in [2.75, 3.05) is 16.7 Å². The lowest BCUT2D eigenvalue weighted by Crippen LogP contribution is -2.29. The van der Waals surface area contributed by atoms with Crippen molar-refractivity contribution < 1.29 is 31.5 Å². The first-order chi connectivity index (χ1) is 12.7. The number of hydrogen-bond donors (Lipinski definition) is 1. The van der Waals surface area contributed by atoms with Crippen LogP contribution < -0.4 is 14.4 Å². The number of halogens is 2. The summed E-state index contributed by atoms with van der Waals surface area (Å²) in [5.74, 6) is -3.06. The lowest BCUT2D eigenvalue weighted by molar-refractivity contribution is -0.121. The maximum Gasteiger partial charge on any atom is 0.262 e. The number of sulfonamides is 1. The third-order valence-corrected chi connectivity index (χ3v) is 5.30. The lowest BCUT2D eigenvalue weighted by atomic mass is 10.2. The van der Waals surface area contributed by atoms with Crippen molar-refractivity contribution in [2.24, 2.45) is 0 Å². The number of anilines is 2. The monoisotopic (exact) mass is 396 g/mol. The van der Waals surface area contributed by atoms with E-state index in [1.807, 2.05) is 4.72 Å². The summed E-state index contributed by atoms with van der Waals surface area (Å²) in [6.45, 7) is 0. The Morgan fingerprint density at radius 2 is 1.63 bits per heavy atom. The summed E-state index contributed by atoms with van der Waals surface area (Å²) < 4.78 is 59.6. The number of nitrogens with one attached hydrogen (secondary N) is 1. The molecule has 1 saturated heterocycles. The van der Waals surface area contributed by atoms with Crippen molar-refractivity contribution in [3.8, 4) is 5.75 Å². The number of nitrogens with zero attached hydrogens (tertiary/aromatic N) is 1. The van der Waals surface area contributed by atoms with E-state index in [1.54, 1.807) is 0 Å². The van der Waals surface area contributed by atoms with Crippen LogP contribution in [0.15, 0.2) is 41.3 Å². The van der Waals surface area contributed by atoms with E-state index in [-0.39, 0.29) is 24.3 Å². The first-order valence-electron chi connectivity index (χ1n) is 7.75. The van der Waals surface area contributed by atoms with Crippen LogP contribution in [0.5, 0.6) is 5.75 Å². The zero-order valence-electron chi connectivity index (χ0n) is 14.0. The average molecular weight is 396 g/mol. The maximum atomic E-state index is 13.8. The van der Waals surface area contributed by atoms with Crippen molar-refractivity contribution in [1.82, 2.24) is 0 Å². The second-order valence-corrected chi connectivity index (χ2v) is 7.34. The Balaban J connectivity index is 2.05. The van der Waals surface area contributed by atoms with Crippen LogP contribution in [0.2, 0.25) is 0 Å². The smallest absolute Gasteiger partial charge is 0.262 e. The van der Waals surface area contributed by atoms with Crippen molar-refractivity contribution in [1.29, 1.82) is 0 Å². The molecule has 2 amide bonds. The van der Waals surface area contributed by atoms with Gasteiger partial charge in [-0.25, -0.2) is 22.1 Å². The Kier molecular flexibility index (Phi) is 4.83. The number of carbonyl (C=O) groups excluding carboxylic acids is 2. The van der Waals surface area contributed by atoms with Gasteiger partial charge in [-0.05, 0) is 30.3 Å². The third kappa shape index (κ3) is 3.47. The second kappa shape index (κ2) is 6.95. The van der Waals surface area contributed by atoms with E-state index in [0.717, 1.165) is 35.2 Å². The Labute approximate surface area is 153 Å². The van der Waals surface area contributed by atoms with Gasteiger partial charge >= 0.3 is 0 Å². The molecule has 2 aromatic rings. The summed E-state index contributed by atoms with van der Waals surface area (Å²) in [4.78, 5) is 24.4. The van der Waals surface area contributed by atoms with E-state index in [1.165, 1.54) is 13.2 Å². The molecule has 7 nitrogen and oxygen atoms in total. The number of amides is 2. The van der Waals surface area contributed by atoms with Gasteiger partial charge in [0.05, 0.1) is 17.7 Å². The van der Waals surface area contributed by atoms with Crippen LogP contribution in [0.1, 0.15) is 12.8 Å². The van der Waals surface area contributed by atoms with E-state index in [0.29, 0.717) is 0 Å². The molecule has 1 aliphatic rings. The van der Waals surface area contributed by atoms with Gasteiger partial charge in [0.25, 0.3) is 10.0 Å². The number of rotatable bonds is 5. The highest BCUT2D eigenvalue weighted by Gasteiger charge is 2.33. The minimum atomic E-state index is -4.41. The van der Waals surface area contributed by atoms with Crippen molar-refractivity contribution in [3.05, 3.63) is 48.0 Å². The summed E-state index contributed by atoms with van der Waals surface area (Å²) in [6, 6.07) is 6.33. The van der Waals surface area contributed by atoms with Crippen LogP contribution in [0.25, 0.3) is 0 Å². The minimum absolute atomic E-state index is 0.00233. The standard InChI is InChI=1S/C17H14F2N2O5S/c1-26-14-6-5-10(9-13(14)21-15(22)7-8-16(21)23)27(24,25)20-17-11(18)3-2-4-12(17)19/h2-6,9,20H,7-8H2,1H3. The van der Waals surface area contributed by atoms with Crippen molar-refractivity contribution in [3.63, 3.8) is 0 Å². The number of benzene rings is 2. The van der Waals surface area contributed by atoms with E-state index in [4.69, 9.17) is 4.74 Å². The third-order valence-electron chi connectivity index (χ3n) is 3.95. The highest BCUT2D eigenvalue weighted by molar-refractivity contribution is 7.92.